The van der Waals surface area contributed by atoms with Crippen molar-refractivity contribution in [2.75, 3.05) is 6.61 Å². The lowest BCUT2D eigenvalue weighted by Crippen LogP contribution is -2.36. The summed E-state index contributed by atoms with van der Waals surface area (Å²) in [5.74, 6) is 0. The van der Waals surface area contributed by atoms with Crippen LogP contribution in [0.25, 0.3) is 11.0 Å². The van der Waals surface area contributed by atoms with Crippen LogP contribution in [-0.4, -0.2) is 21.3 Å². The van der Waals surface area contributed by atoms with Crippen molar-refractivity contribution in [1.82, 2.24) is 9.55 Å². The lowest BCUT2D eigenvalue weighted by molar-refractivity contribution is 0.276. The van der Waals surface area contributed by atoms with Crippen molar-refractivity contribution in [3.8, 4) is 0 Å². The number of H-pyrrole nitrogens is 1. The Kier molecular flexibility index (Phi) is 2.39. The van der Waals surface area contributed by atoms with Gasteiger partial charge in [0.1, 0.15) is 0 Å². The van der Waals surface area contributed by atoms with Gasteiger partial charge < -0.3 is 10.1 Å². The van der Waals surface area contributed by atoms with Gasteiger partial charge in [-0.3, -0.25) is 14.2 Å². The Morgan fingerprint density at radius 2 is 2.00 bits per heavy atom. The summed E-state index contributed by atoms with van der Waals surface area (Å²) >= 11 is 0. The number of nitrogens with zero attached hydrogens (tertiary/aromatic N) is 1. The van der Waals surface area contributed by atoms with E-state index in [1.165, 1.54) is 4.57 Å². The molecule has 78 valence electrons. The molecule has 0 amide bonds. The van der Waals surface area contributed by atoms with Gasteiger partial charge in [0, 0.05) is 6.54 Å². The molecule has 0 fully saturated rings. The number of benzene rings is 1. The first-order chi connectivity index (χ1) is 7.24. The van der Waals surface area contributed by atoms with Crippen LogP contribution in [0.3, 0.4) is 0 Å². The molecule has 1 aromatic carbocycles. The van der Waals surface area contributed by atoms with Crippen molar-refractivity contribution < 1.29 is 5.11 Å². The Morgan fingerprint density at radius 3 is 2.73 bits per heavy atom. The molecule has 0 saturated carbocycles. The van der Waals surface area contributed by atoms with Crippen LogP contribution in [0.2, 0.25) is 0 Å². The van der Waals surface area contributed by atoms with Crippen molar-refractivity contribution in [3.05, 3.63) is 45.0 Å². The van der Waals surface area contributed by atoms with E-state index >= 15 is 0 Å². The van der Waals surface area contributed by atoms with Crippen LogP contribution in [-0.2, 0) is 6.54 Å². The van der Waals surface area contributed by atoms with Crippen molar-refractivity contribution in [2.45, 2.75) is 6.54 Å². The highest BCUT2D eigenvalue weighted by atomic mass is 16.3. The van der Waals surface area contributed by atoms with Crippen molar-refractivity contribution in [2.24, 2.45) is 0 Å². The van der Waals surface area contributed by atoms with E-state index < -0.39 is 11.1 Å². The highest BCUT2D eigenvalue weighted by Gasteiger charge is 2.05. The summed E-state index contributed by atoms with van der Waals surface area (Å²) in [4.78, 5) is 25.2. The van der Waals surface area contributed by atoms with Gasteiger partial charge in [0.2, 0.25) is 0 Å². The second kappa shape index (κ2) is 3.70. The summed E-state index contributed by atoms with van der Waals surface area (Å²) in [5, 5.41) is 8.82. The molecule has 0 unspecified atom stereocenters. The lowest BCUT2D eigenvalue weighted by atomic mass is 10.3. The molecule has 0 aliphatic heterocycles. The number of aliphatic hydroxyl groups is 1. The fourth-order valence-corrected chi connectivity index (χ4v) is 1.54. The van der Waals surface area contributed by atoms with E-state index in [1.807, 2.05) is 0 Å². The third kappa shape index (κ3) is 1.57. The molecule has 1 aromatic heterocycles. The fourth-order valence-electron chi connectivity index (χ4n) is 1.54. The van der Waals surface area contributed by atoms with E-state index in [4.69, 9.17) is 5.11 Å². The minimum absolute atomic E-state index is 0.128. The van der Waals surface area contributed by atoms with E-state index in [2.05, 4.69) is 4.98 Å². The monoisotopic (exact) mass is 206 g/mol. The van der Waals surface area contributed by atoms with Crippen LogP contribution in [0.4, 0.5) is 0 Å². The van der Waals surface area contributed by atoms with Crippen LogP contribution in [0.15, 0.2) is 33.9 Å². The van der Waals surface area contributed by atoms with E-state index in [0.717, 1.165) is 0 Å². The predicted molar refractivity (Wildman–Crippen MR) is 55.9 cm³/mol. The van der Waals surface area contributed by atoms with Gasteiger partial charge in [-0.2, -0.15) is 0 Å². The first kappa shape index (κ1) is 9.67. The van der Waals surface area contributed by atoms with Crippen molar-refractivity contribution in [3.63, 3.8) is 0 Å². The number of fused-ring (bicyclic) bond motifs is 1. The second-order valence-electron chi connectivity index (χ2n) is 3.15. The zero-order valence-corrected chi connectivity index (χ0v) is 7.93. The third-order valence-corrected chi connectivity index (χ3v) is 2.21. The highest BCUT2D eigenvalue weighted by Crippen LogP contribution is 2.06. The quantitative estimate of drug-likeness (QED) is 0.661. The second-order valence-corrected chi connectivity index (χ2v) is 3.15. The Labute approximate surface area is 84.6 Å². The summed E-state index contributed by atoms with van der Waals surface area (Å²) < 4.78 is 1.27. The molecule has 5 heteroatoms. The van der Waals surface area contributed by atoms with Gasteiger partial charge in [-0.1, -0.05) is 12.1 Å². The van der Waals surface area contributed by atoms with Crippen LogP contribution in [0.5, 0.6) is 0 Å². The normalized spacial score (nSPS) is 10.7. The lowest BCUT2D eigenvalue weighted by Gasteiger charge is -2.06. The molecule has 2 N–H and O–H groups in total. The predicted octanol–water partition coefficient (Wildman–Crippen LogP) is -0.318. The summed E-state index contributed by atoms with van der Waals surface area (Å²) in [6.07, 6.45) is 0. The average Bonchev–Trinajstić information content (AvgIpc) is 2.25. The van der Waals surface area contributed by atoms with E-state index in [0.29, 0.717) is 11.0 Å². The SMILES string of the molecule is O=c1[nH]c2ccccc2n(CCO)c1=O. The maximum Gasteiger partial charge on any atom is 0.316 e. The Balaban J connectivity index is 2.89. The smallest absolute Gasteiger partial charge is 0.316 e. The molecular formula is C10H10N2O3. The molecule has 2 aromatic rings. The van der Waals surface area contributed by atoms with E-state index in [9.17, 15) is 9.59 Å². The van der Waals surface area contributed by atoms with Gasteiger partial charge in [0.05, 0.1) is 17.6 Å². The van der Waals surface area contributed by atoms with Crippen LogP contribution in [0.1, 0.15) is 0 Å². The van der Waals surface area contributed by atoms with Gasteiger partial charge in [0.25, 0.3) is 0 Å². The molecule has 2 rings (SSSR count). The first-order valence-electron chi connectivity index (χ1n) is 4.57. The van der Waals surface area contributed by atoms with Gasteiger partial charge >= 0.3 is 11.1 Å². The minimum atomic E-state index is -0.665. The number of hydrogen-bond acceptors (Lipinski definition) is 3. The van der Waals surface area contributed by atoms with Crippen molar-refractivity contribution in [1.29, 1.82) is 0 Å². The number of aliphatic hydroxyl groups excluding tert-OH is 1. The molecular weight excluding hydrogens is 196 g/mol. The number of rotatable bonds is 2. The molecule has 0 aliphatic rings. The maximum absolute atomic E-state index is 11.5. The average molecular weight is 206 g/mol. The van der Waals surface area contributed by atoms with Gasteiger partial charge in [-0.25, -0.2) is 0 Å². The summed E-state index contributed by atoms with van der Waals surface area (Å²) in [6.45, 7) is -0.0450. The molecule has 0 spiro atoms. The first-order valence-corrected chi connectivity index (χ1v) is 4.57. The topological polar surface area (TPSA) is 75.1 Å². The third-order valence-electron chi connectivity index (χ3n) is 2.21. The van der Waals surface area contributed by atoms with E-state index in [1.54, 1.807) is 24.3 Å². The molecule has 1 heterocycles. The maximum atomic E-state index is 11.5. The summed E-state index contributed by atoms with van der Waals surface area (Å²) in [7, 11) is 0. The summed E-state index contributed by atoms with van der Waals surface area (Å²) in [6, 6.07) is 6.98. The van der Waals surface area contributed by atoms with E-state index in [-0.39, 0.29) is 13.2 Å². The Hall–Kier alpha value is -1.88. The molecule has 0 aliphatic carbocycles. The Morgan fingerprint density at radius 1 is 1.27 bits per heavy atom. The number of hydrogen-bond donors (Lipinski definition) is 2. The van der Waals surface area contributed by atoms with Crippen LogP contribution >= 0.6 is 0 Å². The van der Waals surface area contributed by atoms with Crippen LogP contribution in [0, 0.1) is 0 Å². The minimum Gasteiger partial charge on any atom is -0.395 e. The number of aromatic nitrogens is 2. The molecule has 5 nitrogen and oxygen atoms in total. The summed E-state index contributed by atoms with van der Waals surface area (Å²) in [5.41, 5.74) is -0.0865. The molecule has 0 atom stereocenters. The molecule has 15 heavy (non-hydrogen) atoms. The zero-order chi connectivity index (χ0) is 10.8. The number of aromatic amines is 1. The van der Waals surface area contributed by atoms with Crippen LogP contribution < -0.4 is 11.1 Å². The number of nitrogens with one attached hydrogen (secondary N) is 1. The Bertz CT molecular complexity index is 597. The molecule has 0 radical (unpaired) electrons. The highest BCUT2D eigenvalue weighted by molar-refractivity contribution is 5.74. The largest absolute Gasteiger partial charge is 0.395 e. The van der Waals surface area contributed by atoms with Gasteiger partial charge in [-0.05, 0) is 12.1 Å². The molecule has 0 saturated heterocycles. The zero-order valence-electron chi connectivity index (χ0n) is 7.93. The molecule has 0 bridgehead atoms. The standard InChI is InChI=1S/C10H10N2O3/c13-6-5-12-8-4-2-1-3-7(8)11-9(14)10(12)15/h1-4,13H,5-6H2,(H,11,14). The van der Waals surface area contributed by atoms with Gasteiger partial charge in [-0.15, -0.1) is 0 Å². The van der Waals surface area contributed by atoms with Gasteiger partial charge in [0.15, 0.2) is 0 Å². The fraction of sp³-hybridized carbons (Fsp3) is 0.200. The van der Waals surface area contributed by atoms with Crippen molar-refractivity contribution >= 4 is 11.0 Å². The number of para-hydroxylation sites is 2.